The zero-order valence-corrected chi connectivity index (χ0v) is 18.1. The molecule has 1 unspecified atom stereocenters. The summed E-state index contributed by atoms with van der Waals surface area (Å²) in [5, 5.41) is 3.72. The second kappa shape index (κ2) is 5.78. The van der Waals surface area contributed by atoms with Gasteiger partial charge in [0.05, 0.1) is 14.2 Å². The number of ether oxygens (including phenoxy) is 3. The van der Waals surface area contributed by atoms with Gasteiger partial charge in [-0.05, 0) is 64.3 Å². The maximum absolute atomic E-state index is 13.0. The van der Waals surface area contributed by atoms with Gasteiger partial charge in [0.15, 0.2) is 11.5 Å². The molecule has 0 aliphatic carbocycles. The van der Waals surface area contributed by atoms with Gasteiger partial charge in [0.25, 0.3) is 0 Å². The maximum Gasteiger partial charge on any atom is 0.411 e. The third-order valence-corrected chi connectivity index (χ3v) is 6.80. The highest BCUT2D eigenvalue weighted by Crippen LogP contribution is 2.58. The van der Waals surface area contributed by atoms with Gasteiger partial charge in [-0.25, -0.2) is 4.79 Å². The van der Waals surface area contributed by atoms with E-state index in [1.54, 1.807) is 14.2 Å². The molecule has 1 N–H and O–H groups in total. The van der Waals surface area contributed by atoms with Crippen LogP contribution in [0.1, 0.15) is 58.6 Å². The fourth-order valence-electron chi connectivity index (χ4n) is 6.18. The van der Waals surface area contributed by atoms with Crippen LogP contribution in [0.25, 0.3) is 0 Å². The van der Waals surface area contributed by atoms with Crippen LogP contribution in [0.2, 0.25) is 0 Å². The molecular formula is C22H32N2O4. The van der Waals surface area contributed by atoms with Crippen molar-refractivity contribution in [3.63, 3.8) is 0 Å². The molecule has 154 valence electrons. The van der Waals surface area contributed by atoms with Crippen molar-refractivity contribution >= 4 is 6.09 Å². The summed E-state index contributed by atoms with van der Waals surface area (Å²) in [6, 6.07) is 4.11. The number of rotatable bonds is 2. The topological polar surface area (TPSA) is 60.0 Å². The number of piperidine rings is 1. The Kier molecular flexibility index (Phi) is 4.00. The molecule has 28 heavy (non-hydrogen) atoms. The lowest BCUT2D eigenvalue weighted by Gasteiger charge is -2.57. The minimum atomic E-state index is -0.614. The van der Waals surface area contributed by atoms with Gasteiger partial charge in [0.2, 0.25) is 0 Å². The van der Waals surface area contributed by atoms with Crippen molar-refractivity contribution in [1.29, 1.82) is 0 Å². The summed E-state index contributed by atoms with van der Waals surface area (Å²) in [4.78, 5) is 15.0. The Labute approximate surface area is 167 Å². The number of carbonyl (C=O) groups excluding carboxylic acids is 1. The predicted octanol–water partition coefficient (Wildman–Crippen LogP) is 3.61. The predicted molar refractivity (Wildman–Crippen MR) is 107 cm³/mol. The summed E-state index contributed by atoms with van der Waals surface area (Å²) in [7, 11) is 3.30. The molecule has 0 aromatic heterocycles. The average Bonchev–Trinajstić information content (AvgIpc) is 2.77. The molecule has 6 nitrogen and oxygen atoms in total. The van der Waals surface area contributed by atoms with Crippen LogP contribution >= 0.6 is 0 Å². The highest BCUT2D eigenvalue weighted by molar-refractivity contribution is 5.75. The molecule has 1 atom stereocenters. The van der Waals surface area contributed by atoms with Crippen LogP contribution in [0, 0.1) is 0 Å². The van der Waals surface area contributed by atoms with E-state index in [1.165, 1.54) is 5.56 Å². The Hall–Kier alpha value is -1.95. The molecule has 0 bridgehead atoms. The normalized spacial score (nSPS) is 29.1. The molecule has 3 aliphatic heterocycles. The third kappa shape index (κ3) is 2.53. The Bertz CT molecular complexity index is 816. The summed E-state index contributed by atoms with van der Waals surface area (Å²) in [6.45, 7) is 11.6. The van der Waals surface area contributed by atoms with Crippen molar-refractivity contribution < 1.29 is 19.0 Å². The molecule has 6 heteroatoms. The van der Waals surface area contributed by atoms with Gasteiger partial charge in [-0.15, -0.1) is 0 Å². The van der Waals surface area contributed by atoms with Crippen LogP contribution in [0.15, 0.2) is 12.1 Å². The van der Waals surface area contributed by atoms with Crippen molar-refractivity contribution in [2.75, 3.05) is 20.8 Å². The number of nitrogens with one attached hydrogen (secondary N) is 1. The zero-order chi connectivity index (χ0) is 20.5. The Morgan fingerprint density at radius 1 is 1.00 bits per heavy atom. The molecule has 0 radical (unpaired) electrons. The molecule has 3 heterocycles. The number of methoxy groups -OCH3 is 2. The molecule has 0 saturated carbocycles. The molecule has 1 aromatic rings. The first-order chi connectivity index (χ1) is 13.0. The maximum atomic E-state index is 13.0. The molecule has 2 saturated heterocycles. The quantitative estimate of drug-likeness (QED) is 0.839. The first-order valence-corrected chi connectivity index (χ1v) is 10.0. The van der Waals surface area contributed by atoms with Crippen LogP contribution in [0.5, 0.6) is 11.5 Å². The Morgan fingerprint density at radius 3 is 2.14 bits per heavy atom. The summed E-state index contributed by atoms with van der Waals surface area (Å²) >= 11 is 0. The van der Waals surface area contributed by atoms with Crippen LogP contribution in [-0.2, 0) is 16.7 Å². The second-order valence-corrected chi connectivity index (χ2v) is 9.95. The molecule has 3 aliphatic rings. The van der Waals surface area contributed by atoms with Crippen molar-refractivity contribution in [2.24, 2.45) is 0 Å². The van der Waals surface area contributed by atoms with Gasteiger partial charge in [-0.3, -0.25) is 4.90 Å². The molecule has 2 fully saturated rings. The molecule has 1 aromatic carbocycles. The van der Waals surface area contributed by atoms with Gasteiger partial charge >= 0.3 is 6.09 Å². The lowest BCUT2D eigenvalue weighted by atomic mass is 9.61. The van der Waals surface area contributed by atoms with Crippen molar-refractivity contribution in [2.45, 2.75) is 76.1 Å². The van der Waals surface area contributed by atoms with E-state index in [0.29, 0.717) is 12.3 Å². The van der Waals surface area contributed by atoms with Gasteiger partial charge in [-0.1, -0.05) is 0 Å². The van der Waals surface area contributed by atoms with E-state index in [4.69, 9.17) is 14.2 Å². The first kappa shape index (κ1) is 19.4. The van der Waals surface area contributed by atoms with E-state index in [2.05, 4.69) is 46.0 Å². The van der Waals surface area contributed by atoms with Gasteiger partial charge in [-0.2, -0.15) is 0 Å². The van der Waals surface area contributed by atoms with Gasteiger partial charge in [0, 0.05) is 30.5 Å². The Balaban J connectivity index is 1.94. The fraction of sp³-hybridized carbons (Fsp3) is 0.682. The Morgan fingerprint density at radius 2 is 1.57 bits per heavy atom. The van der Waals surface area contributed by atoms with E-state index in [0.717, 1.165) is 30.6 Å². The van der Waals surface area contributed by atoms with Crippen LogP contribution in [0.3, 0.4) is 0 Å². The molecular weight excluding hydrogens is 356 g/mol. The summed E-state index contributed by atoms with van der Waals surface area (Å²) in [6.07, 6.45) is 2.06. The third-order valence-electron chi connectivity index (χ3n) is 6.80. The highest BCUT2D eigenvalue weighted by atomic mass is 16.6. The van der Waals surface area contributed by atoms with E-state index in [-0.39, 0.29) is 17.2 Å². The standard InChI is InChI=1S/C22H32N2O4/c1-19(2)12-22(13-20(3,4)23-19)21(5)15-11-17(27-7)16(26-6)10-14(15)8-9-24(21)18(25)28-22/h10-11,23H,8-9,12-13H2,1-7H3. The fourth-order valence-corrected chi connectivity index (χ4v) is 6.18. The van der Waals surface area contributed by atoms with Crippen LogP contribution in [0.4, 0.5) is 4.79 Å². The van der Waals surface area contributed by atoms with Crippen molar-refractivity contribution in [1.82, 2.24) is 10.2 Å². The lowest BCUT2D eigenvalue weighted by molar-refractivity contribution is -0.0907. The number of amides is 1. The number of hydrogen-bond acceptors (Lipinski definition) is 5. The number of benzene rings is 1. The van der Waals surface area contributed by atoms with Crippen LogP contribution < -0.4 is 14.8 Å². The second-order valence-electron chi connectivity index (χ2n) is 9.95. The number of fused-ring (bicyclic) bond motifs is 4. The minimum absolute atomic E-state index is 0.158. The summed E-state index contributed by atoms with van der Waals surface area (Å²) in [5.74, 6) is 1.41. The number of hydrogen-bond donors (Lipinski definition) is 1. The monoisotopic (exact) mass is 388 g/mol. The molecule has 1 spiro atoms. The largest absolute Gasteiger partial charge is 0.493 e. The highest BCUT2D eigenvalue weighted by Gasteiger charge is 2.68. The number of nitrogens with zero attached hydrogens (tertiary/aromatic N) is 1. The van der Waals surface area contributed by atoms with Crippen LogP contribution in [-0.4, -0.2) is 48.4 Å². The average molecular weight is 389 g/mol. The lowest BCUT2D eigenvalue weighted by Crippen LogP contribution is -2.69. The van der Waals surface area contributed by atoms with Gasteiger partial charge < -0.3 is 19.5 Å². The first-order valence-electron chi connectivity index (χ1n) is 10.0. The minimum Gasteiger partial charge on any atom is -0.493 e. The zero-order valence-electron chi connectivity index (χ0n) is 18.1. The van der Waals surface area contributed by atoms with E-state index in [1.807, 2.05) is 11.0 Å². The summed E-state index contributed by atoms with van der Waals surface area (Å²) < 4.78 is 17.4. The molecule has 4 rings (SSSR count). The van der Waals surface area contributed by atoms with Crippen molar-refractivity contribution in [3.8, 4) is 11.5 Å². The van der Waals surface area contributed by atoms with E-state index >= 15 is 0 Å². The number of carbonyl (C=O) groups is 1. The molecule has 1 amide bonds. The van der Waals surface area contributed by atoms with E-state index < -0.39 is 11.1 Å². The smallest absolute Gasteiger partial charge is 0.411 e. The summed E-state index contributed by atoms with van der Waals surface area (Å²) in [5.41, 5.74) is 0.814. The van der Waals surface area contributed by atoms with E-state index in [9.17, 15) is 4.79 Å². The SMILES string of the molecule is COc1cc2c(cc1OC)C1(C)N(CC2)C(=O)OC12CC(C)(C)NC(C)(C)C2. The van der Waals surface area contributed by atoms with Gasteiger partial charge in [0.1, 0.15) is 11.1 Å². The van der Waals surface area contributed by atoms with Crippen molar-refractivity contribution in [3.05, 3.63) is 23.3 Å².